The smallest absolute Gasteiger partial charge is 0.310 e. The summed E-state index contributed by atoms with van der Waals surface area (Å²) in [5, 5.41) is 11.5. The lowest BCUT2D eigenvalue weighted by molar-refractivity contribution is -0.121. The Hall–Kier alpha value is -3.40. The average molecular weight is 364 g/mol. The summed E-state index contributed by atoms with van der Waals surface area (Å²) in [7, 11) is 0. The van der Waals surface area contributed by atoms with Gasteiger partial charge in [0.05, 0.1) is 0 Å². The Morgan fingerprint density at radius 2 is 1.81 bits per heavy atom. The van der Waals surface area contributed by atoms with Gasteiger partial charge in [0.25, 0.3) is 11.5 Å². The minimum Gasteiger partial charge on any atom is -0.310 e. The summed E-state index contributed by atoms with van der Waals surface area (Å²) >= 11 is 0. The van der Waals surface area contributed by atoms with Crippen LogP contribution < -0.4 is 10.9 Å². The molecule has 0 saturated carbocycles. The fourth-order valence-corrected chi connectivity index (χ4v) is 3.39. The number of nitrogens with one attached hydrogen (secondary N) is 1. The summed E-state index contributed by atoms with van der Waals surface area (Å²) in [6, 6.07) is 12.1. The quantitative estimate of drug-likeness (QED) is 0.814. The molecule has 3 amide bonds. The first-order chi connectivity index (χ1) is 12.9. The number of nitrogens with zero attached hydrogens (tertiary/aromatic N) is 3. The first-order valence-corrected chi connectivity index (χ1v) is 8.69. The molecule has 0 bridgehead atoms. The van der Waals surface area contributed by atoms with E-state index in [-0.39, 0.29) is 30.1 Å². The molecule has 0 spiro atoms. The fraction of sp³-hybridized carbons (Fsp3) is 0.300. The lowest BCUT2D eigenvalue weighted by Crippen LogP contribution is -2.40. The fourth-order valence-electron chi connectivity index (χ4n) is 3.39. The number of carbonyl (C=O) groups excluding carboxylic acids is 2. The SMILES string of the molecule is Cc1cc(C)n(CCN2C(=O)NC(=O)C2Cc2ccccc2)c(=O)c1C#N. The minimum atomic E-state index is -0.614. The molecule has 138 valence electrons. The number of urea groups is 1. The van der Waals surface area contributed by atoms with E-state index in [1.165, 1.54) is 9.47 Å². The van der Waals surface area contributed by atoms with Crippen LogP contribution in [-0.2, 0) is 17.8 Å². The van der Waals surface area contributed by atoms with Gasteiger partial charge in [-0.05, 0) is 31.0 Å². The minimum absolute atomic E-state index is 0.100. The molecule has 1 aromatic heterocycles. The topological polar surface area (TPSA) is 95.2 Å². The number of nitriles is 1. The zero-order valence-corrected chi connectivity index (χ0v) is 15.2. The number of hydrogen-bond acceptors (Lipinski definition) is 4. The third-order valence-corrected chi connectivity index (χ3v) is 4.82. The molecule has 1 aliphatic rings. The predicted octanol–water partition coefficient (Wildman–Crippen LogP) is 1.50. The standard InChI is InChI=1S/C20H20N4O3/c1-13-10-14(2)23(19(26)16(13)12-21)8-9-24-17(18(25)22-20(24)27)11-15-6-4-3-5-7-15/h3-7,10,17H,8-9,11H2,1-2H3,(H,22,25,27). The molecular formula is C20H20N4O3. The molecule has 7 nitrogen and oxygen atoms in total. The van der Waals surface area contributed by atoms with Crippen LogP contribution in [0.4, 0.5) is 4.79 Å². The Morgan fingerprint density at radius 3 is 2.48 bits per heavy atom. The largest absolute Gasteiger partial charge is 0.324 e. The third-order valence-electron chi connectivity index (χ3n) is 4.82. The van der Waals surface area contributed by atoms with Crippen molar-refractivity contribution in [2.24, 2.45) is 0 Å². The van der Waals surface area contributed by atoms with E-state index in [9.17, 15) is 19.6 Å². The first-order valence-electron chi connectivity index (χ1n) is 8.69. The van der Waals surface area contributed by atoms with Gasteiger partial charge in [0, 0.05) is 25.2 Å². The third kappa shape index (κ3) is 3.60. The molecule has 2 heterocycles. The van der Waals surface area contributed by atoms with E-state index in [1.807, 2.05) is 36.4 Å². The highest BCUT2D eigenvalue weighted by molar-refractivity contribution is 6.04. The normalized spacial score (nSPS) is 16.3. The second kappa shape index (κ2) is 7.46. The van der Waals surface area contributed by atoms with Gasteiger partial charge in [0.1, 0.15) is 17.7 Å². The summed E-state index contributed by atoms with van der Waals surface area (Å²) in [6.45, 7) is 3.92. The number of imide groups is 1. The van der Waals surface area contributed by atoms with Gasteiger partial charge in [-0.3, -0.25) is 14.9 Å². The Kier molecular flexibility index (Phi) is 5.08. The van der Waals surface area contributed by atoms with Gasteiger partial charge in [0.15, 0.2) is 0 Å². The van der Waals surface area contributed by atoms with Gasteiger partial charge >= 0.3 is 6.03 Å². The summed E-state index contributed by atoms with van der Waals surface area (Å²) in [4.78, 5) is 38.4. The highest BCUT2D eigenvalue weighted by Gasteiger charge is 2.37. The molecular weight excluding hydrogens is 344 g/mol. The molecule has 2 aromatic rings. The number of amides is 3. The van der Waals surface area contributed by atoms with Crippen LogP contribution in [-0.4, -0.2) is 34.0 Å². The molecule has 1 saturated heterocycles. The van der Waals surface area contributed by atoms with E-state index in [0.29, 0.717) is 17.7 Å². The van der Waals surface area contributed by atoms with Crippen LogP contribution >= 0.6 is 0 Å². The maximum atomic E-state index is 12.5. The Bertz CT molecular complexity index is 989. The Labute approximate surface area is 156 Å². The Balaban J connectivity index is 1.82. The maximum absolute atomic E-state index is 12.5. The number of aromatic nitrogens is 1. The van der Waals surface area contributed by atoms with Crippen LogP contribution in [0.15, 0.2) is 41.2 Å². The molecule has 0 radical (unpaired) electrons. The molecule has 1 unspecified atom stereocenters. The highest BCUT2D eigenvalue weighted by Crippen LogP contribution is 2.15. The Morgan fingerprint density at radius 1 is 1.11 bits per heavy atom. The van der Waals surface area contributed by atoms with E-state index in [1.54, 1.807) is 19.9 Å². The van der Waals surface area contributed by atoms with Crippen LogP contribution in [0, 0.1) is 25.2 Å². The number of rotatable bonds is 5. The lowest BCUT2D eigenvalue weighted by Gasteiger charge is -2.23. The zero-order valence-electron chi connectivity index (χ0n) is 15.2. The van der Waals surface area contributed by atoms with Crippen molar-refractivity contribution < 1.29 is 9.59 Å². The monoisotopic (exact) mass is 364 g/mol. The van der Waals surface area contributed by atoms with E-state index in [0.717, 1.165) is 5.56 Å². The number of hydrogen-bond donors (Lipinski definition) is 1. The number of aryl methyl sites for hydroxylation is 2. The van der Waals surface area contributed by atoms with Gasteiger partial charge < -0.3 is 9.47 Å². The van der Waals surface area contributed by atoms with Gasteiger partial charge in [-0.2, -0.15) is 5.26 Å². The van der Waals surface area contributed by atoms with Crippen molar-refractivity contribution in [1.82, 2.24) is 14.8 Å². The average Bonchev–Trinajstić information content (AvgIpc) is 2.89. The molecule has 1 N–H and O–H groups in total. The summed E-state index contributed by atoms with van der Waals surface area (Å²) in [5.41, 5.74) is 2.02. The molecule has 7 heteroatoms. The van der Waals surface area contributed by atoms with Crippen molar-refractivity contribution in [3.05, 3.63) is 69.1 Å². The second-order valence-electron chi connectivity index (χ2n) is 6.61. The van der Waals surface area contributed by atoms with E-state index in [2.05, 4.69) is 5.32 Å². The van der Waals surface area contributed by atoms with Crippen molar-refractivity contribution in [2.75, 3.05) is 6.54 Å². The molecule has 27 heavy (non-hydrogen) atoms. The molecule has 0 aliphatic carbocycles. The molecule has 3 rings (SSSR count). The van der Waals surface area contributed by atoms with E-state index < -0.39 is 12.1 Å². The number of pyridine rings is 1. The van der Waals surface area contributed by atoms with Crippen LogP contribution in [0.25, 0.3) is 0 Å². The summed E-state index contributed by atoms with van der Waals surface area (Å²) < 4.78 is 1.47. The van der Waals surface area contributed by atoms with Crippen LogP contribution in [0.5, 0.6) is 0 Å². The summed E-state index contributed by atoms with van der Waals surface area (Å²) in [6.07, 6.45) is 0.406. The zero-order chi connectivity index (χ0) is 19.6. The first kappa shape index (κ1) is 18.4. The van der Waals surface area contributed by atoms with Gasteiger partial charge in [-0.1, -0.05) is 30.3 Å². The van der Waals surface area contributed by atoms with Crippen molar-refractivity contribution in [3.63, 3.8) is 0 Å². The van der Waals surface area contributed by atoms with Crippen molar-refractivity contribution in [1.29, 1.82) is 5.26 Å². The van der Waals surface area contributed by atoms with Crippen molar-refractivity contribution >= 4 is 11.9 Å². The molecule has 1 atom stereocenters. The van der Waals surface area contributed by atoms with Crippen molar-refractivity contribution in [2.45, 2.75) is 32.9 Å². The molecule has 1 aliphatic heterocycles. The maximum Gasteiger partial charge on any atom is 0.324 e. The molecule has 1 aromatic carbocycles. The van der Waals surface area contributed by atoms with Crippen LogP contribution in [0.3, 0.4) is 0 Å². The summed E-state index contributed by atoms with van der Waals surface area (Å²) in [5.74, 6) is -0.338. The molecule has 1 fully saturated rings. The van der Waals surface area contributed by atoms with Crippen molar-refractivity contribution in [3.8, 4) is 6.07 Å². The van der Waals surface area contributed by atoms with Crippen LogP contribution in [0.1, 0.15) is 22.4 Å². The predicted molar refractivity (Wildman–Crippen MR) is 99.1 cm³/mol. The lowest BCUT2D eigenvalue weighted by atomic mass is 10.1. The number of carbonyl (C=O) groups is 2. The van der Waals surface area contributed by atoms with E-state index in [4.69, 9.17) is 0 Å². The van der Waals surface area contributed by atoms with Crippen LogP contribution in [0.2, 0.25) is 0 Å². The van der Waals surface area contributed by atoms with E-state index >= 15 is 0 Å². The highest BCUT2D eigenvalue weighted by atomic mass is 16.2. The second-order valence-corrected chi connectivity index (χ2v) is 6.61. The van der Waals surface area contributed by atoms with Gasteiger partial charge in [-0.15, -0.1) is 0 Å². The van der Waals surface area contributed by atoms with Gasteiger partial charge in [-0.25, -0.2) is 4.79 Å². The van der Waals surface area contributed by atoms with Gasteiger partial charge in [0.2, 0.25) is 0 Å². The number of benzene rings is 1.